The van der Waals surface area contributed by atoms with Gasteiger partial charge in [-0.3, -0.25) is 14.9 Å². The predicted molar refractivity (Wildman–Crippen MR) is 79.3 cm³/mol. The highest BCUT2D eigenvalue weighted by molar-refractivity contribution is 9.10. The minimum absolute atomic E-state index is 0.0864. The number of ether oxygens (including phenoxy) is 2. The summed E-state index contributed by atoms with van der Waals surface area (Å²) in [5.74, 6) is 1.06. The molecule has 0 unspecified atom stereocenters. The summed E-state index contributed by atoms with van der Waals surface area (Å²) in [6.45, 7) is 0. The van der Waals surface area contributed by atoms with Crippen LogP contribution in [0.15, 0.2) is 40.9 Å². The maximum atomic E-state index is 10.7. The van der Waals surface area contributed by atoms with E-state index in [4.69, 9.17) is 9.47 Å². The van der Waals surface area contributed by atoms with Crippen LogP contribution in [0, 0.1) is 10.1 Å². The van der Waals surface area contributed by atoms with E-state index < -0.39 is 4.92 Å². The first kappa shape index (κ1) is 15.0. The zero-order chi connectivity index (χ0) is 15.4. The molecule has 0 saturated heterocycles. The Hall–Kier alpha value is -2.41. The van der Waals surface area contributed by atoms with Gasteiger partial charge in [-0.1, -0.05) is 0 Å². The lowest BCUT2D eigenvalue weighted by molar-refractivity contribution is -0.384. The van der Waals surface area contributed by atoms with Gasteiger partial charge in [-0.2, -0.15) is 0 Å². The minimum Gasteiger partial charge on any atom is -0.493 e. The number of rotatable bonds is 5. The summed E-state index contributed by atoms with van der Waals surface area (Å²) in [5.41, 5.74) is 0.412. The second-order valence-corrected chi connectivity index (χ2v) is 4.85. The van der Waals surface area contributed by atoms with Gasteiger partial charge in [0.15, 0.2) is 17.8 Å². The Kier molecular flexibility index (Phi) is 4.54. The number of nitro groups is 1. The van der Waals surface area contributed by atoms with Crippen molar-refractivity contribution in [1.82, 2.24) is 0 Å². The van der Waals surface area contributed by atoms with Crippen LogP contribution in [-0.2, 0) is 0 Å². The first-order chi connectivity index (χ1) is 10.0. The number of halogens is 1. The lowest BCUT2D eigenvalue weighted by Crippen LogP contribution is -1.94. The highest BCUT2D eigenvalue weighted by Gasteiger charge is 2.13. The fourth-order valence-electron chi connectivity index (χ4n) is 1.65. The third-order valence-electron chi connectivity index (χ3n) is 2.68. The van der Waals surface area contributed by atoms with Crippen molar-refractivity contribution >= 4 is 27.9 Å². The molecule has 0 heterocycles. The Morgan fingerprint density at radius 3 is 2.52 bits per heavy atom. The second-order valence-electron chi connectivity index (χ2n) is 4.00. The van der Waals surface area contributed by atoms with Crippen molar-refractivity contribution in [1.29, 1.82) is 0 Å². The van der Waals surface area contributed by atoms with Crippen LogP contribution in [0.1, 0.15) is 10.4 Å². The Labute approximate surface area is 128 Å². The first-order valence-electron chi connectivity index (χ1n) is 5.80. The largest absolute Gasteiger partial charge is 0.493 e. The van der Waals surface area contributed by atoms with E-state index in [2.05, 4.69) is 15.9 Å². The summed E-state index contributed by atoms with van der Waals surface area (Å²) in [6, 6.07) is 8.92. The molecular formula is C14H10BrNO5. The summed E-state index contributed by atoms with van der Waals surface area (Å²) in [6.07, 6.45) is 0.723. The molecule has 0 spiro atoms. The van der Waals surface area contributed by atoms with Gasteiger partial charge in [0.2, 0.25) is 0 Å². The molecule has 2 aromatic carbocycles. The number of benzene rings is 2. The molecule has 7 heteroatoms. The van der Waals surface area contributed by atoms with Gasteiger partial charge in [0.25, 0.3) is 5.69 Å². The molecule has 0 aliphatic heterocycles. The topological polar surface area (TPSA) is 78.7 Å². The number of hydrogen-bond acceptors (Lipinski definition) is 5. The van der Waals surface area contributed by atoms with Crippen LogP contribution in [0.2, 0.25) is 0 Å². The van der Waals surface area contributed by atoms with Crippen molar-refractivity contribution in [3.8, 4) is 17.2 Å². The molecule has 0 atom stereocenters. The zero-order valence-electron chi connectivity index (χ0n) is 10.9. The van der Waals surface area contributed by atoms with Crippen LogP contribution in [0.3, 0.4) is 0 Å². The lowest BCUT2D eigenvalue weighted by atomic mass is 10.2. The molecule has 2 rings (SSSR count). The van der Waals surface area contributed by atoms with Crippen LogP contribution >= 0.6 is 15.9 Å². The quantitative estimate of drug-likeness (QED) is 0.462. The predicted octanol–water partition coefficient (Wildman–Crippen LogP) is 3.97. The summed E-state index contributed by atoms with van der Waals surface area (Å²) in [4.78, 5) is 21.0. The maximum Gasteiger partial charge on any atom is 0.273 e. The van der Waals surface area contributed by atoms with Crippen LogP contribution < -0.4 is 9.47 Å². The SMILES string of the molecule is COc1cc([N+](=O)[O-])ccc1Oc1ccc(C=O)c(Br)c1. The zero-order valence-corrected chi connectivity index (χ0v) is 12.5. The average molecular weight is 352 g/mol. The van der Waals surface area contributed by atoms with Gasteiger partial charge in [-0.15, -0.1) is 0 Å². The summed E-state index contributed by atoms with van der Waals surface area (Å²) < 4.78 is 11.3. The van der Waals surface area contributed by atoms with Gasteiger partial charge in [-0.05, 0) is 40.2 Å². The molecule has 0 aliphatic carbocycles. The first-order valence-corrected chi connectivity index (χ1v) is 6.59. The van der Waals surface area contributed by atoms with Crippen molar-refractivity contribution in [2.75, 3.05) is 7.11 Å². The normalized spacial score (nSPS) is 10.0. The maximum absolute atomic E-state index is 10.7. The van der Waals surface area contributed by atoms with E-state index in [9.17, 15) is 14.9 Å². The summed E-state index contributed by atoms with van der Waals surface area (Å²) in [7, 11) is 1.40. The number of hydrogen-bond donors (Lipinski definition) is 0. The smallest absolute Gasteiger partial charge is 0.273 e. The van der Waals surface area contributed by atoms with E-state index in [1.54, 1.807) is 18.2 Å². The van der Waals surface area contributed by atoms with E-state index in [0.717, 1.165) is 6.29 Å². The molecule has 0 radical (unpaired) electrons. The number of carbonyl (C=O) groups excluding carboxylic acids is 1. The monoisotopic (exact) mass is 351 g/mol. The van der Waals surface area contributed by atoms with Gasteiger partial charge < -0.3 is 9.47 Å². The van der Waals surface area contributed by atoms with Crippen LogP contribution in [0.5, 0.6) is 17.2 Å². The third-order valence-corrected chi connectivity index (χ3v) is 3.37. The average Bonchev–Trinajstić information content (AvgIpc) is 2.47. The molecule has 0 fully saturated rings. The number of aldehydes is 1. The van der Waals surface area contributed by atoms with Gasteiger partial charge >= 0.3 is 0 Å². The third kappa shape index (κ3) is 3.38. The molecule has 21 heavy (non-hydrogen) atoms. The highest BCUT2D eigenvalue weighted by atomic mass is 79.9. The summed E-state index contributed by atoms with van der Waals surface area (Å²) >= 11 is 3.26. The van der Waals surface area contributed by atoms with Crippen LogP contribution in [0.25, 0.3) is 0 Å². The Morgan fingerprint density at radius 1 is 1.19 bits per heavy atom. The molecule has 6 nitrogen and oxygen atoms in total. The molecule has 2 aromatic rings. The van der Waals surface area contributed by atoms with Crippen LogP contribution in [0.4, 0.5) is 5.69 Å². The molecule has 0 amide bonds. The molecule has 108 valence electrons. The number of nitro benzene ring substituents is 1. The Morgan fingerprint density at radius 2 is 1.95 bits per heavy atom. The standard InChI is InChI=1S/C14H10BrNO5/c1-20-14-6-10(16(18)19)3-5-13(14)21-11-4-2-9(8-17)12(15)7-11/h2-8H,1H3. The van der Waals surface area contributed by atoms with Gasteiger partial charge in [0.05, 0.1) is 18.1 Å². The van der Waals surface area contributed by atoms with Gasteiger partial charge in [0, 0.05) is 16.1 Å². The van der Waals surface area contributed by atoms with Gasteiger partial charge in [0.1, 0.15) is 5.75 Å². The van der Waals surface area contributed by atoms with Crippen molar-refractivity contribution in [2.24, 2.45) is 0 Å². The van der Waals surface area contributed by atoms with Crippen molar-refractivity contribution in [3.63, 3.8) is 0 Å². The fourth-order valence-corrected chi connectivity index (χ4v) is 2.10. The number of nitrogens with zero attached hydrogens (tertiary/aromatic N) is 1. The molecule has 0 saturated carbocycles. The van der Waals surface area contributed by atoms with E-state index in [1.165, 1.54) is 25.3 Å². The second kappa shape index (κ2) is 6.36. The Balaban J connectivity index is 2.32. The van der Waals surface area contributed by atoms with Gasteiger partial charge in [-0.25, -0.2) is 0 Å². The van der Waals surface area contributed by atoms with E-state index in [0.29, 0.717) is 21.5 Å². The van der Waals surface area contributed by atoms with E-state index in [-0.39, 0.29) is 11.4 Å². The Bertz CT molecular complexity index is 702. The molecule has 0 aromatic heterocycles. The number of methoxy groups -OCH3 is 1. The molecule has 0 bridgehead atoms. The van der Waals surface area contributed by atoms with Crippen LogP contribution in [-0.4, -0.2) is 18.3 Å². The highest BCUT2D eigenvalue weighted by Crippen LogP contribution is 2.35. The molecule has 0 N–H and O–H groups in total. The number of non-ortho nitro benzene ring substituents is 1. The lowest BCUT2D eigenvalue weighted by Gasteiger charge is -2.10. The number of carbonyl (C=O) groups is 1. The fraction of sp³-hybridized carbons (Fsp3) is 0.0714. The van der Waals surface area contributed by atoms with E-state index in [1.807, 2.05) is 0 Å². The van der Waals surface area contributed by atoms with Crippen molar-refractivity contribution in [3.05, 3.63) is 56.5 Å². The molecular weight excluding hydrogens is 342 g/mol. The summed E-state index contributed by atoms with van der Waals surface area (Å²) in [5, 5.41) is 10.7. The van der Waals surface area contributed by atoms with Crippen molar-refractivity contribution in [2.45, 2.75) is 0 Å². The van der Waals surface area contributed by atoms with Crippen molar-refractivity contribution < 1.29 is 19.2 Å². The van der Waals surface area contributed by atoms with E-state index >= 15 is 0 Å². The molecule has 0 aliphatic rings. The minimum atomic E-state index is -0.512.